The van der Waals surface area contributed by atoms with Gasteiger partial charge in [-0.1, -0.05) is 84.2 Å². The van der Waals surface area contributed by atoms with Gasteiger partial charge in [-0.3, -0.25) is 24.0 Å². The van der Waals surface area contributed by atoms with E-state index in [9.17, 15) is 28.8 Å². The Morgan fingerprint density at radius 2 is 1.54 bits per heavy atom. The molecule has 50 heavy (non-hydrogen) atoms. The van der Waals surface area contributed by atoms with E-state index in [2.05, 4.69) is 35.1 Å². The number of carbonyl (C=O) groups is 6. The van der Waals surface area contributed by atoms with E-state index in [4.69, 9.17) is 4.74 Å². The van der Waals surface area contributed by atoms with Crippen LogP contribution in [0.1, 0.15) is 100 Å². The van der Waals surface area contributed by atoms with Crippen molar-refractivity contribution in [3.8, 4) is 0 Å². The van der Waals surface area contributed by atoms with Gasteiger partial charge in [0, 0.05) is 12.1 Å². The van der Waals surface area contributed by atoms with Crippen molar-refractivity contribution >= 4 is 35.5 Å². The lowest BCUT2D eigenvalue weighted by Crippen LogP contribution is -2.62. The number of piperidine rings is 1. The summed E-state index contributed by atoms with van der Waals surface area (Å²) in [5.74, 6) is -3.34. The number of likely N-dealkylation sites (tertiary alicyclic amines) is 1. The Morgan fingerprint density at radius 1 is 0.920 bits per heavy atom. The number of benzene rings is 1. The van der Waals surface area contributed by atoms with Gasteiger partial charge in [0.2, 0.25) is 17.6 Å². The van der Waals surface area contributed by atoms with Gasteiger partial charge in [0.15, 0.2) is 0 Å². The number of amides is 5. The monoisotopic (exact) mass is 695 g/mol. The minimum atomic E-state index is -1.13. The zero-order valence-electron chi connectivity index (χ0n) is 31.4. The first-order valence-electron chi connectivity index (χ1n) is 17.8. The molecule has 0 radical (unpaired) electrons. The number of nitrogens with zero attached hydrogens (tertiary/aromatic N) is 1. The van der Waals surface area contributed by atoms with Gasteiger partial charge in [0.1, 0.15) is 24.2 Å². The third-order valence-corrected chi connectivity index (χ3v) is 10.5. The second-order valence-electron chi connectivity index (χ2n) is 17.5. The summed E-state index contributed by atoms with van der Waals surface area (Å²) in [6.07, 6.45) is 3.04. The number of urea groups is 1. The molecule has 12 heteroatoms. The highest BCUT2D eigenvalue weighted by molar-refractivity contribution is 6.38. The molecule has 276 valence electrons. The highest BCUT2D eigenvalue weighted by Crippen LogP contribution is 2.65. The number of ether oxygens (including phenoxy) is 1. The van der Waals surface area contributed by atoms with Crippen LogP contribution in [-0.4, -0.2) is 77.2 Å². The van der Waals surface area contributed by atoms with E-state index in [1.807, 2.05) is 71.9 Å². The average Bonchev–Trinajstić information content (AvgIpc) is 3.29. The zero-order chi connectivity index (χ0) is 37.4. The molecule has 3 fully saturated rings. The summed E-state index contributed by atoms with van der Waals surface area (Å²) in [5, 5.41) is 10.9. The summed E-state index contributed by atoms with van der Waals surface area (Å²) < 4.78 is 5.60. The molecule has 5 atom stereocenters. The lowest BCUT2D eigenvalue weighted by molar-refractivity contribution is -0.157. The standard InChI is InChI=1S/C38H57N5O7/c1-35(2,3)30(41-34(49)42-36(4,5)6)33(48)43-21-24-27(37(24,7)8)28(43)31(46)40-25(19-22-15-14-16-22)29(45)32(47)39-20-26(44)50-38(9,10)23-17-12-11-13-18-23/h11-13,17-18,22,24-25,27-28,30H,14-16,19-21H2,1-10H3,(H,39,47)(H,40,46)(H2,41,42,49)/t24-,25?,27-,28-,30+/m0/s1. The van der Waals surface area contributed by atoms with Crippen molar-refractivity contribution in [1.82, 2.24) is 26.2 Å². The second kappa shape index (κ2) is 14.3. The molecule has 0 aromatic heterocycles. The Morgan fingerprint density at radius 3 is 2.08 bits per heavy atom. The molecule has 1 aromatic rings. The van der Waals surface area contributed by atoms with Crippen LogP contribution >= 0.6 is 0 Å². The van der Waals surface area contributed by atoms with Gasteiger partial charge in [0.25, 0.3) is 5.91 Å². The van der Waals surface area contributed by atoms with Crippen molar-refractivity contribution in [3.63, 3.8) is 0 Å². The summed E-state index contributed by atoms with van der Waals surface area (Å²) in [6, 6.07) is 5.76. The Hall–Kier alpha value is -3.96. The molecule has 0 bridgehead atoms. The van der Waals surface area contributed by atoms with E-state index < -0.39 is 70.8 Å². The summed E-state index contributed by atoms with van der Waals surface area (Å²) >= 11 is 0. The van der Waals surface area contributed by atoms with Crippen LogP contribution in [0.25, 0.3) is 0 Å². The van der Waals surface area contributed by atoms with E-state index >= 15 is 0 Å². The number of Topliss-reactive ketones (excluding diaryl/α,β-unsaturated/α-hetero) is 1. The predicted octanol–water partition coefficient (Wildman–Crippen LogP) is 3.82. The van der Waals surface area contributed by atoms with Crippen molar-refractivity contribution in [2.24, 2.45) is 28.6 Å². The molecule has 0 spiro atoms. The molecule has 3 aliphatic rings. The smallest absolute Gasteiger partial charge is 0.326 e. The van der Waals surface area contributed by atoms with Crippen molar-refractivity contribution in [3.05, 3.63) is 35.9 Å². The SMILES string of the molecule is CC(C)(C)NC(=O)N[C@H](C(=O)N1C[C@H]2[C@@H]([C@H]1C(=O)NC(CC1CCC1)C(=O)C(=O)NCC(=O)OC(C)(C)c1ccccc1)C2(C)C)C(C)(C)C. The Balaban J connectivity index is 1.47. The lowest BCUT2D eigenvalue weighted by Gasteiger charge is -2.38. The first-order chi connectivity index (χ1) is 23.0. The normalized spacial score (nSPS) is 22.6. The number of fused-ring (bicyclic) bond motifs is 1. The minimum Gasteiger partial charge on any atom is -0.453 e. The first kappa shape index (κ1) is 38.8. The third-order valence-electron chi connectivity index (χ3n) is 10.5. The quantitative estimate of drug-likeness (QED) is 0.191. The molecule has 1 aromatic carbocycles. The van der Waals surface area contributed by atoms with Gasteiger partial charge in [0.05, 0.1) is 6.04 Å². The summed E-state index contributed by atoms with van der Waals surface area (Å²) in [4.78, 5) is 82.2. The van der Waals surface area contributed by atoms with E-state index in [-0.39, 0.29) is 35.5 Å². The summed E-state index contributed by atoms with van der Waals surface area (Å²) in [5.41, 5.74) is -1.58. The van der Waals surface area contributed by atoms with Gasteiger partial charge in [-0.2, -0.15) is 0 Å². The molecule has 4 N–H and O–H groups in total. The van der Waals surface area contributed by atoms with E-state index in [1.54, 1.807) is 18.7 Å². The lowest BCUT2D eigenvalue weighted by atomic mass is 9.80. The fraction of sp³-hybridized carbons (Fsp3) is 0.684. The number of rotatable bonds is 12. The number of hydrogen-bond donors (Lipinski definition) is 4. The Labute approximate surface area is 296 Å². The predicted molar refractivity (Wildman–Crippen MR) is 188 cm³/mol. The Bertz CT molecular complexity index is 1470. The number of esters is 1. The van der Waals surface area contributed by atoms with Crippen LogP contribution < -0.4 is 21.3 Å². The van der Waals surface area contributed by atoms with Crippen molar-refractivity contribution in [2.75, 3.05) is 13.1 Å². The number of nitrogens with one attached hydrogen (secondary N) is 4. The maximum Gasteiger partial charge on any atom is 0.326 e. The molecule has 1 unspecified atom stereocenters. The maximum absolute atomic E-state index is 14.2. The van der Waals surface area contributed by atoms with Gasteiger partial charge in [-0.15, -0.1) is 0 Å². The van der Waals surface area contributed by atoms with Crippen molar-refractivity contribution in [2.45, 2.75) is 124 Å². The van der Waals surface area contributed by atoms with Crippen LogP contribution in [0, 0.1) is 28.6 Å². The molecular weight excluding hydrogens is 638 g/mol. The average molecular weight is 696 g/mol. The molecule has 4 rings (SSSR count). The molecular formula is C38H57N5O7. The minimum absolute atomic E-state index is 0.0708. The fourth-order valence-corrected chi connectivity index (χ4v) is 7.30. The van der Waals surface area contributed by atoms with Crippen LogP contribution in [0.4, 0.5) is 4.79 Å². The van der Waals surface area contributed by atoms with E-state index in [1.165, 1.54) is 0 Å². The number of carbonyl (C=O) groups excluding carboxylic acids is 6. The van der Waals surface area contributed by atoms with Gasteiger partial charge in [-0.25, -0.2) is 4.79 Å². The molecule has 1 aliphatic heterocycles. The third kappa shape index (κ3) is 9.03. The maximum atomic E-state index is 14.2. The highest BCUT2D eigenvalue weighted by atomic mass is 16.6. The molecule has 2 saturated carbocycles. The van der Waals surface area contributed by atoms with Crippen LogP contribution in [0.3, 0.4) is 0 Å². The van der Waals surface area contributed by atoms with Gasteiger partial charge >= 0.3 is 12.0 Å². The highest BCUT2D eigenvalue weighted by Gasteiger charge is 2.70. The van der Waals surface area contributed by atoms with Crippen LogP contribution in [0.2, 0.25) is 0 Å². The van der Waals surface area contributed by atoms with Gasteiger partial charge < -0.3 is 30.9 Å². The number of hydrogen-bond acceptors (Lipinski definition) is 7. The Kier molecular flexibility index (Phi) is 11.1. The second-order valence-corrected chi connectivity index (χ2v) is 17.5. The first-order valence-corrected chi connectivity index (χ1v) is 17.8. The molecule has 5 amide bonds. The number of ketones is 1. The zero-order valence-corrected chi connectivity index (χ0v) is 31.4. The van der Waals surface area contributed by atoms with Crippen LogP contribution in [0.15, 0.2) is 30.3 Å². The van der Waals surface area contributed by atoms with Gasteiger partial charge in [-0.05, 0) is 75.2 Å². The van der Waals surface area contributed by atoms with Crippen molar-refractivity contribution < 1.29 is 33.5 Å². The van der Waals surface area contributed by atoms with Crippen LogP contribution in [0.5, 0.6) is 0 Å². The fourth-order valence-electron chi connectivity index (χ4n) is 7.30. The van der Waals surface area contributed by atoms with Crippen molar-refractivity contribution in [1.29, 1.82) is 0 Å². The molecule has 1 heterocycles. The largest absolute Gasteiger partial charge is 0.453 e. The van der Waals surface area contributed by atoms with E-state index in [0.717, 1.165) is 24.8 Å². The van der Waals surface area contributed by atoms with E-state index in [0.29, 0.717) is 6.54 Å². The summed E-state index contributed by atoms with van der Waals surface area (Å²) in [7, 11) is 0. The molecule has 12 nitrogen and oxygen atoms in total. The molecule has 2 aliphatic carbocycles. The summed E-state index contributed by atoms with van der Waals surface area (Å²) in [6.45, 7) is 18.5. The molecule has 1 saturated heterocycles. The topological polar surface area (TPSA) is 163 Å². The van der Waals surface area contributed by atoms with Crippen LogP contribution in [-0.2, 0) is 34.3 Å².